The largest absolute Gasteiger partial charge is 0.486 e. The second-order valence-electron chi connectivity index (χ2n) is 5.05. The summed E-state index contributed by atoms with van der Waals surface area (Å²) in [6.45, 7) is 0.114. The highest BCUT2D eigenvalue weighted by molar-refractivity contribution is 7.99. The van der Waals surface area contributed by atoms with E-state index < -0.39 is 16.7 Å². The summed E-state index contributed by atoms with van der Waals surface area (Å²) in [6, 6.07) is 8.12. The zero-order valence-electron chi connectivity index (χ0n) is 13.0. The van der Waals surface area contributed by atoms with Crippen LogP contribution in [0.5, 0.6) is 5.75 Å². The number of nitro benzene ring substituents is 1. The number of halogens is 3. The van der Waals surface area contributed by atoms with Gasteiger partial charge < -0.3 is 4.74 Å². The molecule has 0 atom stereocenters. The molecule has 2 heterocycles. The van der Waals surface area contributed by atoms with Crippen molar-refractivity contribution in [3.63, 3.8) is 0 Å². The molecule has 0 aliphatic rings. The first-order valence-corrected chi connectivity index (χ1v) is 8.26. The molecule has 0 saturated carbocycles. The summed E-state index contributed by atoms with van der Waals surface area (Å²) in [7, 11) is 0. The van der Waals surface area contributed by atoms with Crippen molar-refractivity contribution in [1.82, 2.24) is 14.6 Å². The van der Waals surface area contributed by atoms with Crippen LogP contribution in [0.15, 0.2) is 47.8 Å². The van der Waals surface area contributed by atoms with Gasteiger partial charge in [-0.25, -0.2) is 0 Å². The van der Waals surface area contributed by atoms with E-state index >= 15 is 0 Å². The number of hydrogen-bond donors (Lipinski definition) is 0. The fourth-order valence-electron chi connectivity index (χ4n) is 2.15. The standard InChI is InChI=1S/C15H11F3N4O3S/c16-15(17,18)10-5-6-13-19-20-14(21(13)9-10)26-8-7-25-12-4-2-1-3-11(12)22(23)24/h1-6,9H,7-8H2. The number of pyridine rings is 1. The number of nitrogens with zero attached hydrogens (tertiary/aromatic N) is 4. The molecule has 0 radical (unpaired) electrons. The van der Waals surface area contributed by atoms with Crippen molar-refractivity contribution in [3.8, 4) is 5.75 Å². The summed E-state index contributed by atoms with van der Waals surface area (Å²) in [5.41, 5.74) is -0.664. The van der Waals surface area contributed by atoms with Crippen LogP contribution in [0.25, 0.3) is 5.65 Å². The molecule has 7 nitrogen and oxygen atoms in total. The number of benzene rings is 1. The van der Waals surface area contributed by atoms with E-state index in [1.165, 1.54) is 28.7 Å². The fourth-order valence-corrected chi connectivity index (χ4v) is 2.88. The van der Waals surface area contributed by atoms with Crippen LogP contribution in [-0.2, 0) is 6.18 Å². The SMILES string of the molecule is O=[N+]([O-])c1ccccc1OCCSc1nnc2ccc(C(F)(F)F)cn12. The van der Waals surface area contributed by atoms with E-state index in [4.69, 9.17) is 4.74 Å². The second-order valence-corrected chi connectivity index (χ2v) is 6.11. The van der Waals surface area contributed by atoms with Crippen molar-refractivity contribution in [2.24, 2.45) is 0 Å². The van der Waals surface area contributed by atoms with Crippen molar-refractivity contribution in [2.75, 3.05) is 12.4 Å². The number of ether oxygens (including phenoxy) is 1. The number of hydrogen-bond acceptors (Lipinski definition) is 6. The van der Waals surface area contributed by atoms with Gasteiger partial charge in [0, 0.05) is 18.0 Å². The Labute approximate surface area is 148 Å². The molecular formula is C15H11F3N4O3S. The van der Waals surface area contributed by atoms with Gasteiger partial charge in [-0.3, -0.25) is 14.5 Å². The van der Waals surface area contributed by atoms with Gasteiger partial charge in [0.05, 0.1) is 17.1 Å². The van der Waals surface area contributed by atoms with Crippen LogP contribution in [-0.4, -0.2) is 31.9 Å². The van der Waals surface area contributed by atoms with Crippen molar-refractivity contribution in [2.45, 2.75) is 11.3 Å². The van der Waals surface area contributed by atoms with Crippen molar-refractivity contribution in [3.05, 3.63) is 58.3 Å². The molecule has 0 bridgehead atoms. The quantitative estimate of drug-likeness (QED) is 0.278. The van der Waals surface area contributed by atoms with Gasteiger partial charge in [-0.05, 0) is 18.2 Å². The molecule has 0 aliphatic heterocycles. The molecule has 11 heteroatoms. The maximum atomic E-state index is 12.8. The molecule has 26 heavy (non-hydrogen) atoms. The topological polar surface area (TPSA) is 82.6 Å². The lowest BCUT2D eigenvalue weighted by Crippen LogP contribution is -2.07. The number of nitro groups is 1. The fraction of sp³-hybridized carbons (Fsp3) is 0.200. The molecule has 0 spiro atoms. The minimum Gasteiger partial charge on any atom is -0.486 e. The Morgan fingerprint density at radius 2 is 1.96 bits per heavy atom. The normalized spacial score (nSPS) is 11.7. The zero-order valence-corrected chi connectivity index (χ0v) is 13.8. The van der Waals surface area contributed by atoms with Crippen LogP contribution in [0, 0.1) is 10.1 Å². The van der Waals surface area contributed by atoms with Gasteiger partial charge >= 0.3 is 11.9 Å². The van der Waals surface area contributed by atoms with Crippen molar-refractivity contribution in [1.29, 1.82) is 0 Å². The average molecular weight is 384 g/mol. The van der Waals surface area contributed by atoms with E-state index in [0.29, 0.717) is 11.4 Å². The van der Waals surface area contributed by atoms with Crippen LogP contribution < -0.4 is 4.74 Å². The van der Waals surface area contributed by atoms with Gasteiger partial charge in [0.25, 0.3) is 0 Å². The van der Waals surface area contributed by atoms with Crippen LogP contribution in [0.1, 0.15) is 5.56 Å². The zero-order chi connectivity index (χ0) is 18.7. The first-order chi connectivity index (χ1) is 12.4. The third kappa shape index (κ3) is 3.87. The summed E-state index contributed by atoms with van der Waals surface area (Å²) in [6.07, 6.45) is -3.53. The molecule has 1 aromatic carbocycles. The van der Waals surface area contributed by atoms with E-state index in [-0.39, 0.29) is 23.2 Å². The Morgan fingerprint density at radius 1 is 1.19 bits per heavy atom. The van der Waals surface area contributed by atoms with Gasteiger partial charge in [-0.15, -0.1) is 10.2 Å². The molecular weight excluding hydrogens is 373 g/mol. The molecule has 136 valence electrons. The number of para-hydroxylation sites is 2. The second kappa shape index (κ2) is 7.20. The minimum atomic E-state index is -4.46. The summed E-state index contributed by atoms with van der Waals surface area (Å²) >= 11 is 1.14. The summed E-state index contributed by atoms with van der Waals surface area (Å²) in [5.74, 6) is 0.451. The van der Waals surface area contributed by atoms with Crippen LogP contribution >= 0.6 is 11.8 Å². The van der Waals surface area contributed by atoms with E-state index in [2.05, 4.69) is 10.2 Å². The Kier molecular flexibility index (Phi) is 4.98. The first kappa shape index (κ1) is 18.0. The van der Waals surface area contributed by atoms with Crippen LogP contribution in [0.2, 0.25) is 0 Å². The smallest absolute Gasteiger partial charge is 0.417 e. The Hall–Kier alpha value is -2.82. The molecule has 0 aliphatic carbocycles. The average Bonchev–Trinajstić information content (AvgIpc) is 3.00. The van der Waals surface area contributed by atoms with E-state index in [9.17, 15) is 23.3 Å². The number of alkyl halides is 3. The predicted octanol–water partition coefficient (Wildman–Crippen LogP) is 3.83. The highest BCUT2D eigenvalue weighted by Gasteiger charge is 2.31. The summed E-state index contributed by atoms with van der Waals surface area (Å²) in [5, 5.41) is 18.8. The monoisotopic (exact) mass is 384 g/mol. The molecule has 2 aromatic heterocycles. The number of aromatic nitrogens is 3. The van der Waals surface area contributed by atoms with Gasteiger partial charge in [0.1, 0.15) is 0 Å². The Balaban J connectivity index is 1.66. The molecule has 0 unspecified atom stereocenters. The predicted molar refractivity (Wildman–Crippen MR) is 87.3 cm³/mol. The molecule has 0 saturated heterocycles. The lowest BCUT2D eigenvalue weighted by Gasteiger charge is -2.08. The first-order valence-electron chi connectivity index (χ1n) is 7.27. The maximum Gasteiger partial charge on any atom is 0.417 e. The Morgan fingerprint density at radius 3 is 2.69 bits per heavy atom. The summed E-state index contributed by atoms with van der Waals surface area (Å²) < 4.78 is 45.1. The molecule has 3 rings (SSSR count). The highest BCUT2D eigenvalue weighted by atomic mass is 32.2. The molecule has 3 aromatic rings. The van der Waals surface area contributed by atoms with Gasteiger partial charge in [0.2, 0.25) is 0 Å². The molecule has 0 N–H and O–H groups in total. The lowest BCUT2D eigenvalue weighted by atomic mass is 10.3. The lowest BCUT2D eigenvalue weighted by molar-refractivity contribution is -0.385. The third-order valence-corrected chi connectivity index (χ3v) is 4.24. The van der Waals surface area contributed by atoms with Gasteiger partial charge in [0.15, 0.2) is 16.6 Å². The van der Waals surface area contributed by atoms with Crippen molar-refractivity contribution >= 4 is 23.1 Å². The minimum absolute atomic E-state index is 0.114. The van der Waals surface area contributed by atoms with E-state index in [0.717, 1.165) is 24.0 Å². The third-order valence-electron chi connectivity index (χ3n) is 3.33. The maximum absolute atomic E-state index is 12.8. The van der Waals surface area contributed by atoms with E-state index in [1.807, 2.05) is 0 Å². The Bertz CT molecular complexity index is 945. The molecule has 0 amide bonds. The number of fused-ring (bicyclic) bond motifs is 1. The van der Waals surface area contributed by atoms with E-state index in [1.54, 1.807) is 6.07 Å². The van der Waals surface area contributed by atoms with Crippen LogP contribution in [0.3, 0.4) is 0 Å². The summed E-state index contributed by atoms with van der Waals surface area (Å²) in [4.78, 5) is 10.4. The molecule has 0 fully saturated rings. The van der Waals surface area contributed by atoms with Gasteiger partial charge in [-0.1, -0.05) is 23.9 Å². The van der Waals surface area contributed by atoms with Crippen LogP contribution in [0.4, 0.5) is 18.9 Å². The number of thioether (sulfide) groups is 1. The van der Waals surface area contributed by atoms with Crippen molar-refractivity contribution < 1.29 is 22.8 Å². The number of rotatable bonds is 6. The van der Waals surface area contributed by atoms with Gasteiger partial charge in [-0.2, -0.15) is 13.2 Å². The highest BCUT2D eigenvalue weighted by Crippen LogP contribution is 2.30.